The van der Waals surface area contributed by atoms with Gasteiger partial charge in [0.25, 0.3) is 0 Å². The standard InChI is InChI=1S/C55H55B2N5OS/c1-13-20-25-38(17-5)52-59-53(39(18-6)26-21-14-2)61-54(60-52)40-29-30-49-46(33-40)58-55(64-49)41-27-22-28-42(32-41)62-37(10)45(36(9)47(62)24-16-4)31-35(8)44(23-15-3)51-50(57-12)43(19-7)48(63-51)34-56-11/h13-34,57H,1,3,6-7H2,2,4-5,8-12H3/b21-14-,24-16-,25-20-,35-31+,38-17+,39-26+,44-23-. The molecule has 6 rings (SSSR count). The van der Waals surface area contributed by atoms with E-state index in [1.165, 1.54) is 5.56 Å². The second-order valence-electron chi connectivity index (χ2n) is 15.0. The molecule has 0 saturated heterocycles. The first-order chi connectivity index (χ1) is 31.1. The van der Waals surface area contributed by atoms with Crippen molar-refractivity contribution in [2.24, 2.45) is 0 Å². The minimum Gasteiger partial charge on any atom is -0.236 e. The zero-order valence-electron chi connectivity index (χ0n) is 38.4. The van der Waals surface area contributed by atoms with Crippen molar-refractivity contribution in [3.63, 3.8) is 0 Å². The van der Waals surface area contributed by atoms with Crippen LogP contribution in [0.5, 0.6) is 0 Å². The van der Waals surface area contributed by atoms with Crippen molar-refractivity contribution in [3.05, 3.63) is 192 Å². The van der Waals surface area contributed by atoms with Gasteiger partial charge in [-0.1, -0.05) is 73.9 Å². The van der Waals surface area contributed by atoms with E-state index in [4.69, 9.17) is 24.4 Å². The summed E-state index contributed by atoms with van der Waals surface area (Å²) in [6.07, 6.45) is 27.5. The normalized spacial score (nSPS) is 12.9. The molecule has 6 aromatic rings. The third kappa shape index (κ3) is 9.65. The molecule has 0 fully saturated rings. The Labute approximate surface area is 384 Å². The van der Waals surface area contributed by atoms with Crippen LogP contribution in [-0.2, 0) is 0 Å². The molecule has 0 saturated carbocycles. The average molecular weight is 856 g/mol. The summed E-state index contributed by atoms with van der Waals surface area (Å²) < 4.78 is 9.95. The van der Waals surface area contributed by atoms with Gasteiger partial charge in [0.1, 0.15) is 5.01 Å². The van der Waals surface area contributed by atoms with E-state index in [2.05, 4.69) is 126 Å². The van der Waals surface area contributed by atoms with Crippen LogP contribution in [0.15, 0.2) is 146 Å². The molecule has 318 valence electrons. The molecule has 0 N–H and O–H groups in total. The summed E-state index contributed by atoms with van der Waals surface area (Å²) in [5.74, 6) is 5.30. The van der Waals surface area contributed by atoms with Crippen molar-refractivity contribution < 1.29 is 4.42 Å². The summed E-state index contributed by atoms with van der Waals surface area (Å²) in [5.41, 5.74) is 14.3. The van der Waals surface area contributed by atoms with Gasteiger partial charge in [-0.05, 0) is 39.0 Å². The van der Waals surface area contributed by atoms with E-state index < -0.39 is 0 Å². The van der Waals surface area contributed by atoms with Crippen LogP contribution < -0.4 is 5.46 Å². The van der Waals surface area contributed by atoms with Crippen molar-refractivity contribution in [1.29, 1.82) is 0 Å². The Morgan fingerprint density at radius 3 is 2.30 bits per heavy atom. The van der Waals surface area contributed by atoms with Gasteiger partial charge in [-0.3, -0.25) is 0 Å². The smallest absolute Gasteiger partial charge is 0.236 e. The number of benzene rings is 2. The van der Waals surface area contributed by atoms with Crippen molar-refractivity contribution in [2.45, 2.75) is 55.2 Å². The van der Waals surface area contributed by atoms with Gasteiger partial charge in [-0.15, -0.1) is 11.3 Å². The van der Waals surface area contributed by atoms with Gasteiger partial charge >= 0.3 is 187 Å². The molecule has 0 aliphatic carbocycles. The number of aromatic nitrogens is 5. The first-order valence-electron chi connectivity index (χ1n) is 21.6. The van der Waals surface area contributed by atoms with Crippen LogP contribution in [0.4, 0.5) is 0 Å². The third-order valence-corrected chi connectivity index (χ3v) is 12.0. The van der Waals surface area contributed by atoms with Crippen LogP contribution >= 0.6 is 11.3 Å². The van der Waals surface area contributed by atoms with Crippen LogP contribution in [0.1, 0.15) is 78.9 Å². The van der Waals surface area contributed by atoms with Crippen LogP contribution in [0.3, 0.4) is 0 Å². The van der Waals surface area contributed by atoms with Crippen LogP contribution in [-0.4, -0.2) is 44.7 Å². The minimum atomic E-state index is 0.537. The Kier molecular flexibility index (Phi) is 15.6. The molecule has 0 amide bonds. The molecule has 0 radical (unpaired) electrons. The first-order valence-corrected chi connectivity index (χ1v) is 22.4. The molecule has 0 aliphatic heterocycles. The van der Waals surface area contributed by atoms with Crippen molar-refractivity contribution in [2.75, 3.05) is 0 Å². The monoisotopic (exact) mass is 855 g/mol. The van der Waals surface area contributed by atoms with E-state index in [1.807, 2.05) is 88.2 Å². The molecule has 4 aromatic heterocycles. The maximum absolute atomic E-state index is 6.54. The number of allylic oxidation sites excluding steroid dienone is 15. The fourth-order valence-electron chi connectivity index (χ4n) is 7.78. The zero-order chi connectivity index (χ0) is 45.9. The average Bonchev–Trinajstić information content (AvgIpc) is 3.97. The summed E-state index contributed by atoms with van der Waals surface area (Å²) in [6.45, 7) is 34.7. The van der Waals surface area contributed by atoms with Crippen LogP contribution in [0, 0.1) is 13.8 Å². The predicted molar refractivity (Wildman–Crippen MR) is 283 cm³/mol. The van der Waals surface area contributed by atoms with Crippen molar-refractivity contribution in [3.8, 4) is 27.6 Å². The van der Waals surface area contributed by atoms with Crippen molar-refractivity contribution >= 4 is 82.1 Å². The fraction of sp³-hybridized carbons (Fsp3) is 0.145. The number of hydrogen-bond donors (Lipinski definition) is 0. The molecule has 0 aliphatic rings. The molecule has 0 spiro atoms. The molecule has 4 heterocycles. The number of thiazole rings is 1. The van der Waals surface area contributed by atoms with E-state index >= 15 is 0 Å². The van der Waals surface area contributed by atoms with E-state index in [0.29, 0.717) is 17.5 Å². The molecule has 2 aromatic carbocycles. The zero-order valence-corrected chi connectivity index (χ0v) is 39.2. The van der Waals surface area contributed by atoms with Gasteiger partial charge in [0.2, 0.25) is 0 Å². The van der Waals surface area contributed by atoms with Crippen molar-refractivity contribution in [1.82, 2.24) is 24.5 Å². The predicted octanol–water partition coefficient (Wildman–Crippen LogP) is 13.5. The second kappa shape index (κ2) is 21.4. The fourth-order valence-corrected chi connectivity index (χ4v) is 8.72. The molecular formula is C55H55B2N5OS. The number of hydrogen-bond acceptors (Lipinski definition) is 6. The van der Waals surface area contributed by atoms with Gasteiger partial charge in [0.05, 0.1) is 10.2 Å². The third-order valence-electron chi connectivity index (χ3n) is 10.9. The summed E-state index contributed by atoms with van der Waals surface area (Å²) in [7, 11) is 0.810. The summed E-state index contributed by atoms with van der Waals surface area (Å²) in [5, 5.41) is 0.922. The van der Waals surface area contributed by atoms with Gasteiger partial charge in [0, 0.05) is 22.3 Å². The molecule has 9 heteroatoms. The summed E-state index contributed by atoms with van der Waals surface area (Å²) in [4.78, 5) is 19.9. The van der Waals surface area contributed by atoms with E-state index in [1.54, 1.807) is 23.5 Å². The molecule has 0 bridgehead atoms. The Morgan fingerprint density at radius 1 is 0.859 bits per heavy atom. The van der Waals surface area contributed by atoms with Crippen LogP contribution in [0.2, 0.25) is 13.6 Å². The molecule has 64 heavy (non-hydrogen) atoms. The Morgan fingerprint density at radius 2 is 1.64 bits per heavy atom. The quantitative estimate of drug-likeness (QED) is 0.0675. The molecule has 6 nitrogen and oxygen atoms in total. The SMILES string of the molecule is C=C/C=C\C(=C/C)c1nc(/C(C=C)=C/C=C\C)nc(-c2ccc3sc(-c4cccc(-n5c(C)c(/C=C(C)/C(=C/C=C)c6oc(/C=B\C)c(C=C)c6BC)c(C)c5/C=C\C)c4)nc3c2)n1. The first kappa shape index (κ1) is 46.5. The number of furan rings is 1. The Bertz CT molecular complexity index is 3030. The minimum absolute atomic E-state index is 0.537. The molecule has 0 atom stereocenters. The topological polar surface area (TPSA) is 69.6 Å². The second-order valence-corrected chi connectivity index (χ2v) is 16.0. The van der Waals surface area contributed by atoms with Gasteiger partial charge < -0.3 is 0 Å². The van der Waals surface area contributed by atoms with E-state index in [0.717, 1.165) is 101 Å². The van der Waals surface area contributed by atoms with E-state index in [9.17, 15) is 0 Å². The molecular weight excluding hydrogens is 800 g/mol. The summed E-state index contributed by atoms with van der Waals surface area (Å²) >= 11 is 1.66. The van der Waals surface area contributed by atoms with Crippen LogP contribution in [0.25, 0.3) is 72.8 Å². The van der Waals surface area contributed by atoms with E-state index in [-0.39, 0.29) is 0 Å². The van der Waals surface area contributed by atoms with Gasteiger partial charge in [0.15, 0.2) is 17.5 Å². The number of nitrogens with zero attached hydrogens (tertiary/aromatic N) is 5. The van der Waals surface area contributed by atoms with Gasteiger partial charge in [-0.25, -0.2) is 19.9 Å². The molecule has 0 unspecified atom stereocenters. The number of rotatable bonds is 17. The Hall–Kier alpha value is -6.96. The maximum atomic E-state index is 6.54. The summed E-state index contributed by atoms with van der Waals surface area (Å²) in [6, 6.07) is 14.8. The number of fused-ring (bicyclic) bond motifs is 1. The Balaban J connectivity index is 1.43. The van der Waals surface area contributed by atoms with Gasteiger partial charge in [-0.2, -0.15) is 0 Å².